The van der Waals surface area contributed by atoms with E-state index in [2.05, 4.69) is 36.2 Å². The summed E-state index contributed by atoms with van der Waals surface area (Å²) in [6.07, 6.45) is 2.00. The van der Waals surface area contributed by atoms with Crippen LogP contribution in [-0.4, -0.2) is 4.98 Å². The van der Waals surface area contributed by atoms with Crippen LogP contribution in [0.5, 0.6) is 0 Å². The fourth-order valence-corrected chi connectivity index (χ4v) is 2.24. The number of fused-ring (bicyclic) bond motifs is 1. The maximum atomic E-state index is 8.95. The van der Waals surface area contributed by atoms with Crippen molar-refractivity contribution in [3.63, 3.8) is 0 Å². The Labute approximate surface area is 106 Å². The Hall–Kier alpha value is -2.53. The molecule has 0 radical (unpaired) electrons. The Kier molecular flexibility index (Phi) is 2.39. The molecular weight excluding hydrogens is 220 g/mol. The largest absolute Gasteiger partial charge is 0.361 e. The first-order valence-corrected chi connectivity index (χ1v) is 5.86. The molecule has 1 heterocycles. The van der Waals surface area contributed by atoms with Crippen LogP contribution in [-0.2, 0) is 0 Å². The summed E-state index contributed by atoms with van der Waals surface area (Å²) in [7, 11) is 0. The maximum absolute atomic E-state index is 8.95. The zero-order valence-electron chi connectivity index (χ0n) is 10.1. The summed E-state index contributed by atoms with van der Waals surface area (Å²) in [6, 6.07) is 16.2. The molecule has 0 bridgehead atoms. The van der Waals surface area contributed by atoms with Gasteiger partial charge in [-0.1, -0.05) is 24.3 Å². The molecule has 2 heteroatoms. The number of nitrogens with one attached hydrogen (secondary N) is 1. The molecule has 2 aromatic carbocycles. The van der Waals surface area contributed by atoms with Crippen LogP contribution in [0.3, 0.4) is 0 Å². The molecule has 0 atom stereocenters. The highest BCUT2D eigenvalue weighted by molar-refractivity contribution is 5.95. The van der Waals surface area contributed by atoms with Crippen LogP contribution in [0, 0.1) is 18.3 Å². The van der Waals surface area contributed by atoms with Crippen LogP contribution in [0.15, 0.2) is 48.7 Å². The normalized spacial score (nSPS) is 10.4. The molecule has 0 aliphatic carbocycles. The predicted octanol–water partition coefficient (Wildman–Crippen LogP) is 4.02. The van der Waals surface area contributed by atoms with Crippen LogP contribution in [0.4, 0.5) is 0 Å². The van der Waals surface area contributed by atoms with E-state index in [1.165, 1.54) is 10.9 Å². The third-order valence-corrected chi connectivity index (χ3v) is 3.14. The molecule has 0 aliphatic rings. The molecule has 0 aliphatic heterocycles. The van der Waals surface area contributed by atoms with E-state index >= 15 is 0 Å². The molecule has 3 aromatic rings. The van der Waals surface area contributed by atoms with Crippen molar-refractivity contribution in [2.24, 2.45) is 0 Å². The van der Waals surface area contributed by atoms with E-state index in [1.807, 2.05) is 30.5 Å². The van der Waals surface area contributed by atoms with Gasteiger partial charge < -0.3 is 4.98 Å². The minimum Gasteiger partial charge on any atom is -0.361 e. The lowest BCUT2D eigenvalue weighted by Crippen LogP contribution is -1.78. The van der Waals surface area contributed by atoms with Crippen molar-refractivity contribution < 1.29 is 0 Å². The van der Waals surface area contributed by atoms with Gasteiger partial charge >= 0.3 is 0 Å². The number of nitriles is 1. The molecule has 2 nitrogen and oxygen atoms in total. The van der Waals surface area contributed by atoms with Crippen LogP contribution < -0.4 is 0 Å². The third-order valence-electron chi connectivity index (χ3n) is 3.14. The number of aromatic nitrogens is 1. The molecule has 18 heavy (non-hydrogen) atoms. The number of hydrogen-bond acceptors (Lipinski definition) is 1. The molecule has 0 amide bonds. The van der Waals surface area contributed by atoms with Crippen molar-refractivity contribution in [2.45, 2.75) is 6.92 Å². The Balaban J connectivity index is 2.23. The van der Waals surface area contributed by atoms with E-state index in [-0.39, 0.29) is 0 Å². The molecular formula is C16H12N2. The summed E-state index contributed by atoms with van der Waals surface area (Å²) in [5.41, 5.74) is 5.27. The third kappa shape index (κ3) is 1.66. The molecule has 0 saturated carbocycles. The van der Waals surface area contributed by atoms with E-state index in [9.17, 15) is 0 Å². The average Bonchev–Trinajstić information content (AvgIpc) is 2.81. The molecule has 1 aromatic heterocycles. The number of aromatic amines is 1. The summed E-state index contributed by atoms with van der Waals surface area (Å²) in [4.78, 5) is 3.28. The van der Waals surface area contributed by atoms with Gasteiger partial charge in [0.2, 0.25) is 0 Å². The van der Waals surface area contributed by atoms with Crippen molar-refractivity contribution >= 4 is 10.9 Å². The van der Waals surface area contributed by atoms with Crippen LogP contribution in [0.1, 0.15) is 11.1 Å². The first-order chi connectivity index (χ1) is 8.78. The van der Waals surface area contributed by atoms with Crippen molar-refractivity contribution in [3.05, 3.63) is 59.8 Å². The molecule has 0 fully saturated rings. The molecule has 1 N–H and O–H groups in total. The number of H-pyrrole nitrogens is 1. The van der Waals surface area contributed by atoms with Crippen LogP contribution in [0.2, 0.25) is 0 Å². The van der Waals surface area contributed by atoms with Crippen molar-refractivity contribution in [1.29, 1.82) is 5.26 Å². The zero-order chi connectivity index (χ0) is 12.5. The van der Waals surface area contributed by atoms with Gasteiger partial charge in [-0.3, -0.25) is 0 Å². The molecule has 0 spiro atoms. The molecule has 86 valence electrons. The zero-order valence-corrected chi connectivity index (χ0v) is 10.1. The molecule has 3 rings (SSSR count). The lowest BCUT2D eigenvalue weighted by molar-refractivity contribution is 1.44. The Morgan fingerprint density at radius 2 is 2.00 bits per heavy atom. The van der Waals surface area contributed by atoms with E-state index in [1.54, 1.807) is 0 Å². The van der Waals surface area contributed by atoms with Crippen molar-refractivity contribution in [3.8, 4) is 17.2 Å². The van der Waals surface area contributed by atoms with Crippen molar-refractivity contribution in [1.82, 2.24) is 4.98 Å². The second-order valence-electron chi connectivity index (χ2n) is 4.44. The van der Waals surface area contributed by atoms with Crippen LogP contribution >= 0.6 is 0 Å². The topological polar surface area (TPSA) is 39.6 Å². The van der Waals surface area contributed by atoms with Gasteiger partial charge in [-0.05, 0) is 36.2 Å². The quantitative estimate of drug-likeness (QED) is 0.676. The van der Waals surface area contributed by atoms with Gasteiger partial charge in [-0.25, -0.2) is 0 Å². The number of benzene rings is 2. The van der Waals surface area contributed by atoms with Gasteiger partial charge in [-0.15, -0.1) is 0 Å². The first-order valence-electron chi connectivity index (χ1n) is 5.86. The summed E-state index contributed by atoms with van der Waals surface area (Å²) >= 11 is 0. The lowest BCUT2D eigenvalue weighted by Gasteiger charge is -2.00. The Morgan fingerprint density at radius 3 is 2.83 bits per heavy atom. The van der Waals surface area contributed by atoms with Gasteiger partial charge in [0, 0.05) is 22.7 Å². The van der Waals surface area contributed by atoms with Gasteiger partial charge in [0.25, 0.3) is 0 Å². The standard InChI is InChI=1S/C16H12N2/c1-11-5-6-14-15(10-18-16(14)7-11)13-4-2-3-12(8-13)9-17/h2-8,10,18H,1H3. The highest BCUT2D eigenvalue weighted by Crippen LogP contribution is 2.29. The van der Waals surface area contributed by atoms with E-state index in [0.29, 0.717) is 5.56 Å². The average molecular weight is 232 g/mol. The SMILES string of the molecule is Cc1ccc2c(-c3cccc(C#N)c3)c[nH]c2c1. The highest BCUT2D eigenvalue weighted by atomic mass is 14.7. The van der Waals surface area contributed by atoms with E-state index in [0.717, 1.165) is 16.6 Å². The molecule has 0 unspecified atom stereocenters. The summed E-state index contributed by atoms with van der Waals surface area (Å²) in [5, 5.41) is 10.1. The second kappa shape index (κ2) is 4.05. The van der Waals surface area contributed by atoms with Gasteiger partial charge in [0.15, 0.2) is 0 Å². The minimum absolute atomic E-state index is 0.689. The lowest BCUT2D eigenvalue weighted by atomic mass is 10.0. The second-order valence-corrected chi connectivity index (χ2v) is 4.44. The number of aryl methyl sites for hydroxylation is 1. The Morgan fingerprint density at radius 1 is 1.11 bits per heavy atom. The van der Waals surface area contributed by atoms with Gasteiger partial charge in [0.05, 0.1) is 11.6 Å². The first kappa shape index (κ1) is 10.6. The number of rotatable bonds is 1. The smallest absolute Gasteiger partial charge is 0.0991 e. The highest BCUT2D eigenvalue weighted by Gasteiger charge is 2.06. The van der Waals surface area contributed by atoms with Crippen LogP contribution in [0.25, 0.3) is 22.0 Å². The fraction of sp³-hybridized carbons (Fsp3) is 0.0625. The summed E-state index contributed by atoms with van der Waals surface area (Å²) < 4.78 is 0. The Bertz CT molecular complexity index is 760. The fourth-order valence-electron chi connectivity index (χ4n) is 2.24. The summed E-state index contributed by atoms with van der Waals surface area (Å²) in [5.74, 6) is 0. The van der Waals surface area contributed by atoms with Crippen molar-refractivity contribution in [2.75, 3.05) is 0 Å². The minimum atomic E-state index is 0.689. The van der Waals surface area contributed by atoms with E-state index in [4.69, 9.17) is 5.26 Å². The maximum Gasteiger partial charge on any atom is 0.0991 e. The number of hydrogen-bond donors (Lipinski definition) is 1. The monoisotopic (exact) mass is 232 g/mol. The summed E-state index contributed by atoms with van der Waals surface area (Å²) in [6.45, 7) is 2.08. The van der Waals surface area contributed by atoms with Gasteiger partial charge in [-0.2, -0.15) is 5.26 Å². The van der Waals surface area contributed by atoms with Gasteiger partial charge in [0.1, 0.15) is 0 Å². The predicted molar refractivity (Wildman–Crippen MR) is 73.2 cm³/mol. The van der Waals surface area contributed by atoms with E-state index < -0.39 is 0 Å². The molecule has 0 saturated heterocycles. The number of nitrogens with zero attached hydrogens (tertiary/aromatic N) is 1.